The molecule has 2 aromatic carbocycles. The van der Waals surface area contributed by atoms with E-state index in [2.05, 4.69) is 0 Å². The topological polar surface area (TPSA) is 186 Å². The summed E-state index contributed by atoms with van der Waals surface area (Å²) in [6, 6.07) is 3.83. The number of nitrogens with two attached hydrogens (primary N) is 1. The van der Waals surface area contributed by atoms with Crippen molar-refractivity contribution in [2.75, 3.05) is 13.7 Å². The van der Waals surface area contributed by atoms with Crippen LogP contribution >= 0.6 is 0 Å². The van der Waals surface area contributed by atoms with E-state index in [4.69, 9.17) is 19.9 Å². The molecule has 6 N–H and O–H groups in total. The van der Waals surface area contributed by atoms with E-state index in [9.17, 15) is 34.8 Å². The number of aliphatic hydroxyl groups is 2. The van der Waals surface area contributed by atoms with Gasteiger partial charge in [0.15, 0.2) is 17.9 Å². The van der Waals surface area contributed by atoms with Gasteiger partial charge >= 0.3 is 0 Å². The number of fused-ring (bicyclic) bond motifs is 3. The highest BCUT2D eigenvalue weighted by atomic mass is 16.7. The molecule has 5 rings (SSSR count). The van der Waals surface area contributed by atoms with Crippen LogP contribution in [0.5, 0.6) is 17.2 Å². The Balaban J connectivity index is 0.00000181. The van der Waals surface area contributed by atoms with E-state index in [1.807, 2.05) is 13.8 Å². The Morgan fingerprint density at radius 3 is 2.38 bits per heavy atom. The van der Waals surface area contributed by atoms with Crippen molar-refractivity contribution in [3.63, 3.8) is 0 Å². The highest BCUT2D eigenvalue weighted by Gasteiger charge is 2.45. The van der Waals surface area contributed by atoms with Crippen LogP contribution in [0.25, 0.3) is 0 Å². The van der Waals surface area contributed by atoms with Gasteiger partial charge in [-0.3, -0.25) is 14.4 Å². The van der Waals surface area contributed by atoms with Crippen LogP contribution in [0.1, 0.15) is 82.7 Å². The highest BCUT2D eigenvalue weighted by molar-refractivity contribution is 6.31. The first-order valence-electron chi connectivity index (χ1n) is 13.3. The molecule has 11 heteroatoms. The van der Waals surface area contributed by atoms with Crippen molar-refractivity contribution in [1.82, 2.24) is 0 Å². The number of aromatic hydroxyl groups is 2. The molecule has 1 saturated heterocycles. The minimum atomic E-state index is -1.06. The zero-order chi connectivity index (χ0) is 29.5. The first-order valence-corrected chi connectivity index (χ1v) is 13.3. The van der Waals surface area contributed by atoms with Crippen LogP contribution in [0.4, 0.5) is 0 Å². The van der Waals surface area contributed by atoms with E-state index >= 15 is 0 Å². The maximum Gasteiger partial charge on any atom is 0.202 e. The van der Waals surface area contributed by atoms with Gasteiger partial charge in [0.2, 0.25) is 5.78 Å². The lowest BCUT2D eigenvalue weighted by Gasteiger charge is -2.40. The molecule has 4 unspecified atom stereocenters. The minimum Gasteiger partial charge on any atom is -0.507 e. The molecule has 0 spiro atoms. The van der Waals surface area contributed by atoms with Crippen molar-refractivity contribution in [3.8, 4) is 17.2 Å². The summed E-state index contributed by atoms with van der Waals surface area (Å²) in [4.78, 5) is 39.6. The Morgan fingerprint density at radius 1 is 1.07 bits per heavy atom. The second-order valence-corrected chi connectivity index (χ2v) is 9.93. The molecule has 6 atom stereocenters. The van der Waals surface area contributed by atoms with Crippen LogP contribution in [0, 0.1) is 5.92 Å². The van der Waals surface area contributed by atoms with Crippen molar-refractivity contribution in [3.05, 3.63) is 51.6 Å². The summed E-state index contributed by atoms with van der Waals surface area (Å²) in [5.41, 5.74) is 5.39. The average molecular weight is 558 g/mol. The number of carbonyl (C=O) groups excluding carboxylic acids is 3. The van der Waals surface area contributed by atoms with Gasteiger partial charge in [-0.25, -0.2) is 0 Å². The van der Waals surface area contributed by atoms with Crippen molar-refractivity contribution in [2.24, 2.45) is 11.7 Å². The summed E-state index contributed by atoms with van der Waals surface area (Å²) in [6.45, 7) is 4.88. The van der Waals surface area contributed by atoms with Gasteiger partial charge in [0, 0.05) is 35.1 Å². The van der Waals surface area contributed by atoms with Gasteiger partial charge in [-0.15, -0.1) is 0 Å². The first-order chi connectivity index (χ1) is 19.1. The Hall–Kier alpha value is -3.35. The lowest BCUT2D eigenvalue weighted by Crippen LogP contribution is -2.52. The molecule has 2 aliphatic carbocycles. The molecule has 1 aliphatic heterocycles. The summed E-state index contributed by atoms with van der Waals surface area (Å²) >= 11 is 0. The van der Waals surface area contributed by atoms with Crippen LogP contribution in [0.2, 0.25) is 0 Å². The zero-order valence-electron chi connectivity index (χ0n) is 22.8. The summed E-state index contributed by atoms with van der Waals surface area (Å²) in [6.07, 6.45) is -3.54. The van der Waals surface area contributed by atoms with Crippen LogP contribution in [-0.4, -0.2) is 76.0 Å². The molecule has 0 amide bonds. The number of ketones is 3. The maximum atomic E-state index is 13.6. The van der Waals surface area contributed by atoms with E-state index in [-0.39, 0.29) is 58.4 Å². The molecule has 0 radical (unpaired) electrons. The number of ether oxygens (including phenoxy) is 3. The Bertz CT molecular complexity index is 1330. The van der Waals surface area contributed by atoms with Gasteiger partial charge in [0.25, 0.3) is 0 Å². The van der Waals surface area contributed by atoms with Gasteiger partial charge in [-0.2, -0.15) is 0 Å². The SMILES string of the molecule is CC.COc1cccc2c1C(=O)c1c(O)c3c(c(O)c1C2=O)CC(C(=O)CO)C[C@@H]3O[C@H]1CC(N)C(O)C(C)O1. The van der Waals surface area contributed by atoms with E-state index in [1.165, 1.54) is 25.3 Å². The minimum absolute atomic E-state index is 0.00621. The molecule has 1 heterocycles. The molecule has 1 fully saturated rings. The fourth-order valence-corrected chi connectivity index (χ4v) is 5.73. The first kappa shape index (κ1) is 29.6. The predicted octanol–water partition coefficient (Wildman–Crippen LogP) is 1.91. The molecular weight excluding hydrogens is 522 g/mol. The summed E-state index contributed by atoms with van der Waals surface area (Å²) in [5.74, 6) is -3.64. The standard InChI is InChI=1S/C27H29NO10.C2H6/c1-10-23(31)14(28)8-18(37-10)38-17-7-11(15(30)9-29)6-13-20(17)27(35)22-21(25(13)33)24(32)12-4-3-5-16(36-2)19(12)26(22)34;1-2/h3-5,10-11,14,17-18,23,29,31,33,35H,6-9,28H2,1-2H3;1-2H3/t10?,11?,14?,17-,18-,23?;/m0./s1. The van der Waals surface area contributed by atoms with E-state index < -0.39 is 72.0 Å². The van der Waals surface area contributed by atoms with E-state index in [0.29, 0.717) is 0 Å². The lowest BCUT2D eigenvalue weighted by molar-refractivity contribution is -0.243. The van der Waals surface area contributed by atoms with Crippen molar-refractivity contribution < 1.29 is 49.0 Å². The van der Waals surface area contributed by atoms with Gasteiger partial charge in [-0.05, 0) is 25.8 Å². The molecule has 216 valence electrons. The zero-order valence-corrected chi connectivity index (χ0v) is 22.8. The summed E-state index contributed by atoms with van der Waals surface area (Å²) < 4.78 is 17.2. The quantitative estimate of drug-likeness (QED) is 0.289. The molecular formula is C29H35NO10. The molecule has 0 aromatic heterocycles. The largest absolute Gasteiger partial charge is 0.507 e. The fraction of sp³-hybridized carbons (Fsp3) is 0.483. The van der Waals surface area contributed by atoms with Gasteiger partial charge in [-0.1, -0.05) is 26.0 Å². The second kappa shape index (κ2) is 11.6. The number of rotatable bonds is 5. The average Bonchev–Trinajstić information content (AvgIpc) is 2.96. The Kier molecular flexibility index (Phi) is 8.62. The van der Waals surface area contributed by atoms with Crippen LogP contribution < -0.4 is 10.5 Å². The number of hydrogen-bond acceptors (Lipinski definition) is 11. The molecule has 0 bridgehead atoms. The van der Waals surface area contributed by atoms with Crippen LogP contribution in [-0.2, 0) is 20.7 Å². The van der Waals surface area contributed by atoms with Crippen molar-refractivity contribution >= 4 is 17.3 Å². The van der Waals surface area contributed by atoms with Gasteiger partial charge in [0.05, 0.1) is 42.1 Å². The van der Waals surface area contributed by atoms with Gasteiger partial charge in [0.1, 0.15) is 23.9 Å². The van der Waals surface area contributed by atoms with E-state index in [1.54, 1.807) is 6.92 Å². The van der Waals surface area contributed by atoms with E-state index in [0.717, 1.165) is 0 Å². The third-order valence-corrected chi connectivity index (χ3v) is 7.71. The van der Waals surface area contributed by atoms with Gasteiger partial charge < -0.3 is 40.4 Å². The number of hydrogen-bond donors (Lipinski definition) is 5. The highest BCUT2D eigenvalue weighted by Crippen LogP contribution is 2.51. The number of methoxy groups -OCH3 is 1. The Morgan fingerprint density at radius 2 is 1.75 bits per heavy atom. The third kappa shape index (κ3) is 4.77. The number of benzene rings is 2. The number of aliphatic hydroxyl groups excluding tert-OH is 2. The molecule has 0 saturated carbocycles. The number of Topliss-reactive ketones (excluding diaryl/α,β-unsaturated/α-hetero) is 1. The van der Waals surface area contributed by atoms with Crippen LogP contribution in [0.15, 0.2) is 18.2 Å². The second-order valence-electron chi connectivity index (χ2n) is 9.93. The maximum absolute atomic E-state index is 13.6. The normalized spacial score (nSPS) is 27.1. The summed E-state index contributed by atoms with van der Waals surface area (Å²) in [5, 5.41) is 42.4. The predicted molar refractivity (Wildman–Crippen MR) is 142 cm³/mol. The Labute approximate surface area is 231 Å². The summed E-state index contributed by atoms with van der Waals surface area (Å²) in [7, 11) is 1.35. The third-order valence-electron chi connectivity index (χ3n) is 7.71. The van der Waals surface area contributed by atoms with Crippen molar-refractivity contribution in [2.45, 2.75) is 70.7 Å². The fourth-order valence-electron chi connectivity index (χ4n) is 5.73. The van der Waals surface area contributed by atoms with Crippen molar-refractivity contribution in [1.29, 1.82) is 0 Å². The number of carbonyl (C=O) groups is 3. The molecule has 2 aromatic rings. The smallest absolute Gasteiger partial charge is 0.202 e. The molecule has 3 aliphatic rings. The molecule has 40 heavy (non-hydrogen) atoms. The lowest BCUT2D eigenvalue weighted by atomic mass is 9.73. The molecule has 11 nitrogen and oxygen atoms in total. The monoisotopic (exact) mass is 557 g/mol. The van der Waals surface area contributed by atoms with Crippen LogP contribution in [0.3, 0.4) is 0 Å². The number of phenols is 2. The number of phenolic OH excluding ortho intramolecular Hbond substituents is 2.